The van der Waals surface area contributed by atoms with Gasteiger partial charge in [-0.3, -0.25) is 4.90 Å². The van der Waals surface area contributed by atoms with Crippen molar-refractivity contribution in [3.05, 3.63) is 35.4 Å². The van der Waals surface area contributed by atoms with Crippen molar-refractivity contribution in [3.63, 3.8) is 0 Å². The maximum atomic E-state index is 3.82. The number of piperazine rings is 1. The lowest BCUT2D eigenvalue weighted by Crippen LogP contribution is -2.58. The molecule has 1 aromatic rings. The van der Waals surface area contributed by atoms with Crippen LogP contribution in [0.2, 0.25) is 0 Å². The number of benzene rings is 1. The molecule has 1 saturated heterocycles. The van der Waals surface area contributed by atoms with Gasteiger partial charge in [0, 0.05) is 31.7 Å². The van der Waals surface area contributed by atoms with E-state index < -0.39 is 0 Å². The first-order valence-corrected chi connectivity index (χ1v) is 8.70. The van der Waals surface area contributed by atoms with Crippen molar-refractivity contribution in [1.82, 2.24) is 10.2 Å². The molecule has 3 rings (SSSR count). The maximum Gasteiger partial charge on any atom is 0.0253 e. The van der Waals surface area contributed by atoms with Gasteiger partial charge in [0.05, 0.1) is 0 Å². The average molecular weight is 286 g/mol. The molecular weight excluding hydrogens is 256 g/mol. The monoisotopic (exact) mass is 286 g/mol. The van der Waals surface area contributed by atoms with E-state index in [4.69, 9.17) is 0 Å². The van der Waals surface area contributed by atoms with Gasteiger partial charge in [-0.1, -0.05) is 50.1 Å². The van der Waals surface area contributed by atoms with E-state index in [1.807, 2.05) is 0 Å². The molecule has 1 heterocycles. The Balaban J connectivity index is 1.69. The molecule has 0 radical (unpaired) electrons. The molecule has 1 aliphatic carbocycles. The molecule has 1 aliphatic heterocycles. The first kappa shape index (κ1) is 15.1. The molecule has 1 N–H and O–H groups in total. The average Bonchev–Trinajstić information content (AvgIpc) is 3.33. The molecule has 3 atom stereocenters. The highest BCUT2D eigenvalue weighted by Crippen LogP contribution is 2.37. The van der Waals surface area contributed by atoms with E-state index in [1.54, 1.807) is 0 Å². The molecule has 1 aromatic carbocycles. The highest BCUT2D eigenvalue weighted by molar-refractivity contribution is 5.21. The molecule has 1 saturated carbocycles. The number of nitrogens with zero attached hydrogens (tertiary/aromatic N) is 1. The molecule has 116 valence electrons. The minimum Gasteiger partial charge on any atom is -0.311 e. The van der Waals surface area contributed by atoms with Crippen LogP contribution in [0.5, 0.6) is 0 Å². The van der Waals surface area contributed by atoms with Crippen molar-refractivity contribution < 1.29 is 0 Å². The van der Waals surface area contributed by atoms with Gasteiger partial charge in [-0.25, -0.2) is 0 Å². The molecule has 0 spiro atoms. The Morgan fingerprint density at radius 1 is 1.24 bits per heavy atom. The van der Waals surface area contributed by atoms with E-state index >= 15 is 0 Å². The topological polar surface area (TPSA) is 15.3 Å². The van der Waals surface area contributed by atoms with Crippen molar-refractivity contribution in [2.24, 2.45) is 11.8 Å². The van der Waals surface area contributed by atoms with Crippen LogP contribution < -0.4 is 5.32 Å². The van der Waals surface area contributed by atoms with E-state index in [2.05, 4.69) is 55.3 Å². The summed E-state index contributed by atoms with van der Waals surface area (Å²) in [5.74, 6) is 1.71. The first-order chi connectivity index (χ1) is 10.2. The zero-order chi connectivity index (χ0) is 14.8. The standard InChI is InChI=1S/C19H30N2/c1-4-15(3)18-13-21(19(11-20-18)17-9-10-17)12-16-7-5-14(2)6-8-16/h5-8,15,17-20H,4,9-13H2,1-3H3. The summed E-state index contributed by atoms with van der Waals surface area (Å²) < 4.78 is 0. The largest absolute Gasteiger partial charge is 0.311 e. The molecular formula is C19H30N2. The number of rotatable bonds is 5. The Bertz CT molecular complexity index is 449. The van der Waals surface area contributed by atoms with Crippen LogP contribution in [0, 0.1) is 18.8 Å². The smallest absolute Gasteiger partial charge is 0.0253 e. The normalized spacial score (nSPS) is 28.5. The zero-order valence-electron chi connectivity index (χ0n) is 13.8. The second-order valence-electron chi connectivity index (χ2n) is 7.22. The second kappa shape index (κ2) is 6.50. The highest BCUT2D eigenvalue weighted by atomic mass is 15.2. The minimum absolute atomic E-state index is 0.662. The van der Waals surface area contributed by atoms with Crippen LogP contribution in [-0.2, 0) is 6.54 Å². The maximum absolute atomic E-state index is 3.82. The van der Waals surface area contributed by atoms with Gasteiger partial charge in [0.15, 0.2) is 0 Å². The van der Waals surface area contributed by atoms with E-state index in [1.165, 1.54) is 43.5 Å². The summed E-state index contributed by atoms with van der Waals surface area (Å²) in [7, 11) is 0. The summed E-state index contributed by atoms with van der Waals surface area (Å²) in [4.78, 5) is 2.76. The molecule has 0 bridgehead atoms. The number of hydrogen-bond acceptors (Lipinski definition) is 2. The SMILES string of the molecule is CCC(C)C1CN(Cc2ccc(C)cc2)C(C2CC2)CN1. The third-order valence-electron chi connectivity index (χ3n) is 5.49. The van der Waals surface area contributed by atoms with E-state index in [0.717, 1.165) is 24.4 Å². The molecule has 3 unspecified atom stereocenters. The summed E-state index contributed by atoms with van der Waals surface area (Å²) in [6.45, 7) is 10.4. The van der Waals surface area contributed by atoms with E-state index in [-0.39, 0.29) is 0 Å². The molecule has 2 heteroatoms. The lowest BCUT2D eigenvalue weighted by molar-refractivity contribution is 0.0891. The van der Waals surface area contributed by atoms with Crippen molar-refractivity contribution in [3.8, 4) is 0 Å². The van der Waals surface area contributed by atoms with Crippen LogP contribution in [0.15, 0.2) is 24.3 Å². The Kier molecular flexibility index (Phi) is 4.66. The lowest BCUT2D eigenvalue weighted by atomic mass is 9.94. The fraction of sp³-hybridized carbons (Fsp3) is 0.684. The fourth-order valence-electron chi connectivity index (χ4n) is 3.58. The van der Waals surface area contributed by atoms with Gasteiger partial charge in [-0.2, -0.15) is 0 Å². The summed E-state index contributed by atoms with van der Waals surface area (Å²) in [6.07, 6.45) is 4.14. The lowest BCUT2D eigenvalue weighted by Gasteiger charge is -2.42. The van der Waals surface area contributed by atoms with Crippen LogP contribution in [0.3, 0.4) is 0 Å². The minimum atomic E-state index is 0.662. The van der Waals surface area contributed by atoms with Gasteiger partial charge in [-0.15, -0.1) is 0 Å². The molecule has 2 nitrogen and oxygen atoms in total. The third kappa shape index (κ3) is 3.67. The van der Waals surface area contributed by atoms with Gasteiger partial charge in [-0.05, 0) is 37.2 Å². The summed E-state index contributed by atoms with van der Waals surface area (Å²) in [6, 6.07) is 10.5. The highest BCUT2D eigenvalue weighted by Gasteiger charge is 2.39. The Labute approximate surface area is 129 Å². The Morgan fingerprint density at radius 3 is 2.57 bits per heavy atom. The number of nitrogens with one attached hydrogen (secondary N) is 1. The Hall–Kier alpha value is -0.860. The van der Waals surface area contributed by atoms with Crippen LogP contribution in [0.1, 0.15) is 44.2 Å². The van der Waals surface area contributed by atoms with Crippen LogP contribution in [-0.4, -0.2) is 30.1 Å². The summed E-state index contributed by atoms with van der Waals surface area (Å²) >= 11 is 0. The van der Waals surface area contributed by atoms with Crippen LogP contribution in [0.25, 0.3) is 0 Å². The van der Waals surface area contributed by atoms with Crippen LogP contribution in [0.4, 0.5) is 0 Å². The van der Waals surface area contributed by atoms with Crippen molar-refractivity contribution in [1.29, 1.82) is 0 Å². The predicted octanol–water partition coefficient (Wildman–Crippen LogP) is 3.59. The van der Waals surface area contributed by atoms with Gasteiger partial charge in [0.25, 0.3) is 0 Å². The van der Waals surface area contributed by atoms with Gasteiger partial charge < -0.3 is 5.32 Å². The summed E-state index contributed by atoms with van der Waals surface area (Å²) in [5.41, 5.74) is 2.83. The molecule has 0 aromatic heterocycles. The van der Waals surface area contributed by atoms with E-state index in [9.17, 15) is 0 Å². The van der Waals surface area contributed by atoms with Crippen LogP contribution >= 0.6 is 0 Å². The predicted molar refractivity (Wildman–Crippen MR) is 89.3 cm³/mol. The molecule has 0 amide bonds. The Morgan fingerprint density at radius 2 is 1.95 bits per heavy atom. The van der Waals surface area contributed by atoms with Crippen molar-refractivity contribution >= 4 is 0 Å². The molecule has 2 aliphatic rings. The van der Waals surface area contributed by atoms with Crippen molar-refractivity contribution in [2.45, 2.75) is 58.7 Å². The van der Waals surface area contributed by atoms with Gasteiger partial charge in [0.1, 0.15) is 0 Å². The molecule has 21 heavy (non-hydrogen) atoms. The number of hydrogen-bond donors (Lipinski definition) is 1. The van der Waals surface area contributed by atoms with Crippen molar-refractivity contribution in [2.75, 3.05) is 13.1 Å². The van der Waals surface area contributed by atoms with E-state index in [0.29, 0.717) is 6.04 Å². The zero-order valence-corrected chi connectivity index (χ0v) is 13.8. The quantitative estimate of drug-likeness (QED) is 0.890. The fourth-order valence-corrected chi connectivity index (χ4v) is 3.58. The third-order valence-corrected chi connectivity index (χ3v) is 5.49. The molecule has 2 fully saturated rings. The van der Waals surface area contributed by atoms with Gasteiger partial charge in [0.2, 0.25) is 0 Å². The summed E-state index contributed by atoms with van der Waals surface area (Å²) in [5, 5.41) is 3.82. The van der Waals surface area contributed by atoms with Gasteiger partial charge >= 0.3 is 0 Å². The number of aryl methyl sites for hydroxylation is 1. The second-order valence-corrected chi connectivity index (χ2v) is 7.22. The first-order valence-electron chi connectivity index (χ1n) is 8.70.